The number of amides is 1. The van der Waals surface area contributed by atoms with E-state index in [9.17, 15) is 19.7 Å². The number of aromatic nitrogens is 1. The van der Waals surface area contributed by atoms with Gasteiger partial charge in [0.05, 0.1) is 17.7 Å². The molecule has 1 aromatic rings. The molecule has 0 aliphatic carbocycles. The maximum absolute atomic E-state index is 11.7. The average molecular weight is 271 g/mol. The predicted octanol–water partition coefficient (Wildman–Crippen LogP) is -0.237. The number of carbonyl (C=O) groups is 2. The number of ether oxygens (including phenoxy) is 1. The molecule has 0 aromatic carbocycles. The van der Waals surface area contributed by atoms with Gasteiger partial charge in [-0.2, -0.15) is 0 Å². The molecule has 0 aliphatic rings. The molecule has 104 valence electrons. The number of nitrogens with zero attached hydrogens (tertiary/aromatic N) is 2. The Morgan fingerprint density at radius 2 is 2.26 bits per heavy atom. The standard InChI is InChI=1S/C10H13N3O6/c1-12-5-6(13(17)18)3-7(12)9(14)11-4-8(19-2)10(15)16/h3,5,8H,4H2,1-2H3,(H,11,14)(H,15,16). The molecular formula is C10H13N3O6. The van der Waals surface area contributed by atoms with Crippen LogP contribution in [0, 0.1) is 10.1 Å². The molecule has 1 atom stereocenters. The first-order valence-electron chi connectivity index (χ1n) is 5.21. The van der Waals surface area contributed by atoms with E-state index in [0.29, 0.717) is 0 Å². The van der Waals surface area contributed by atoms with Crippen molar-refractivity contribution in [1.29, 1.82) is 0 Å². The van der Waals surface area contributed by atoms with Crippen LogP contribution in [0.5, 0.6) is 0 Å². The summed E-state index contributed by atoms with van der Waals surface area (Å²) in [7, 11) is 2.69. The van der Waals surface area contributed by atoms with Gasteiger partial charge in [0.2, 0.25) is 0 Å². The van der Waals surface area contributed by atoms with Gasteiger partial charge in [-0.3, -0.25) is 14.9 Å². The lowest BCUT2D eigenvalue weighted by molar-refractivity contribution is -0.384. The van der Waals surface area contributed by atoms with E-state index in [1.165, 1.54) is 24.9 Å². The molecule has 0 saturated heterocycles. The Balaban J connectivity index is 2.73. The van der Waals surface area contributed by atoms with Gasteiger partial charge in [-0.05, 0) is 0 Å². The van der Waals surface area contributed by atoms with Gasteiger partial charge in [-0.25, -0.2) is 4.79 Å². The number of methoxy groups -OCH3 is 1. The molecule has 19 heavy (non-hydrogen) atoms. The minimum Gasteiger partial charge on any atom is -0.479 e. The van der Waals surface area contributed by atoms with E-state index >= 15 is 0 Å². The lowest BCUT2D eigenvalue weighted by atomic mass is 10.3. The Hall–Kier alpha value is -2.42. The third kappa shape index (κ3) is 3.52. The minimum atomic E-state index is -1.21. The monoisotopic (exact) mass is 271 g/mol. The normalized spacial score (nSPS) is 11.9. The summed E-state index contributed by atoms with van der Waals surface area (Å²) >= 11 is 0. The predicted molar refractivity (Wildman–Crippen MR) is 62.8 cm³/mol. The Bertz CT molecular complexity index is 509. The fourth-order valence-electron chi connectivity index (χ4n) is 1.42. The summed E-state index contributed by atoms with van der Waals surface area (Å²) in [5, 5.41) is 21.6. The van der Waals surface area contributed by atoms with E-state index in [0.717, 1.165) is 6.07 Å². The van der Waals surface area contributed by atoms with Crippen molar-refractivity contribution in [3.63, 3.8) is 0 Å². The van der Waals surface area contributed by atoms with Crippen LogP contribution in [-0.4, -0.2) is 46.2 Å². The maximum Gasteiger partial charge on any atom is 0.334 e. The number of aryl methyl sites for hydroxylation is 1. The van der Waals surface area contributed by atoms with Crippen molar-refractivity contribution in [2.45, 2.75) is 6.10 Å². The summed E-state index contributed by atoms with van der Waals surface area (Å²) in [6.07, 6.45) is 0.0270. The lowest BCUT2D eigenvalue weighted by Crippen LogP contribution is -2.38. The topological polar surface area (TPSA) is 124 Å². The number of nitrogens with one attached hydrogen (secondary N) is 1. The van der Waals surface area contributed by atoms with Crippen LogP contribution >= 0.6 is 0 Å². The molecule has 1 rings (SSSR count). The van der Waals surface area contributed by atoms with Gasteiger partial charge in [0, 0.05) is 20.2 Å². The Labute approximate surface area is 107 Å². The summed E-state index contributed by atoms with van der Waals surface area (Å²) in [6.45, 7) is -0.232. The highest BCUT2D eigenvalue weighted by Gasteiger charge is 2.21. The first-order valence-corrected chi connectivity index (χ1v) is 5.21. The number of nitro groups is 1. The number of hydrogen-bond donors (Lipinski definition) is 2. The van der Waals surface area contributed by atoms with Crippen molar-refractivity contribution in [2.24, 2.45) is 7.05 Å². The number of carboxylic acid groups (broad SMARTS) is 1. The van der Waals surface area contributed by atoms with Gasteiger partial charge in [0.15, 0.2) is 6.10 Å². The van der Waals surface area contributed by atoms with Gasteiger partial charge < -0.3 is 19.7 Å². The second-order valence-electron chi connectivity index (χ2n) is 3.72. The second kappa shape index (κ2) is 5.96. The maximum atomic E-state index is 11.7. The van der Waals surface area contributed by atoms with Crippen LogP contribution in [0.2, 0.25) is 0 Å². The Morgan fingerprint density at radius 1 is 1.63 bits per heavy atom. The van der Waals surface area contributed by atoms with E-state index in [2.05, 4.69) is 10.1 Å². The van der Waals surface area contributed by atoms with Crippen molar-refractivity contribution in [3.05, 3.63) is 28.1 Å². The van der Waals surface area contributed by atoms with Crippen LogP contribution in [0.1, 0.15) is 10.5 Å². The highest BCUT2D eigenvalue weighted by molar-refractivity contribution is 5.93. The molecular weight excluding hydrogens is 258 g/mol. The lowest BCUT2D eigenvalue weighted by Gasteiger charge is -2.11. The summed E-state index contributed by atoms with van der Waals surface area (Å²) in [6, 6.07) is 1.11. The zero-order chi connectivity index (χ0) is 14.6. The molecule has 1 amide bonds. The molecule has 1 aromatic heterocycles. The molecule has 1 heterocycles. The molecule has 0 bridgehead atoms. The number of carboxylic acids is 1. The first-order chi connectivity index (χ1) is 8.86. The van der Waals surface area contributed by atoms with Gasteiger partial charge >= 0.3 is 5.97 Å². The Kier molecular flexibility index (Phi) is 4.59. The third-order valence-electron chi connectivity index (χ3n) is 2.44. The van der Waals surface area contributed by atoms with Crippen LogP contribution < -0.4 is 5.32 Å². The SMILES string of the molecule is COC(CNC(=O)c1cc([N+](=O)[O-])cn1C)C(=O)O. The molecule has 0 fully saturated rings. The number of aliphatic carboxylic acids is 1. The summed E-state index contributed by atoms with van der Waals surface area (Å²) in [5.41, 5.74) is -0.152. The largest absolute Gasteiger partial charge is 0.479 e. The van der Waals surface area contributed by atoms with Crippen LogP contribution in [0.4, 0.5) is 5.69 Å². The van der Waals surface area contributed by atoms with Gasteiger partial charge in [-0.15, -0.1) is 0 Å². The molecule has 9 heteroatoms. The molecule has 0 spiro atoms. The van der Waals surface area contributed by atoms with Crippen molar-refractivity contribution >= 4 is 17.6 Å². The first kappa shape index (κ1) is 14.6. The van der Waals surface area contributed by atoms with Crippen LogP contribution in [0.15, 0.2) is 12.3 Å². The molecule has 1 unspecified atom stereocenters. The number of hydrogen-bond acceptors (Lipinski definition) is 5. The molecule has 9 nitrogen and oxygen atoms in total. The van der Waals surface area contributed by atoms with Crippen molar-refractivity contribution in [2.75, 3.05) is 13.7 Å². The highest BCUT2D eigenvalue weighted by Crippen LogP contribution is 2.14. The highest BCUT2D eigenvalue weighted by atomic mass is 16.6. The third-order valence-corrected chi connectivity index (χ3v) is 2.44. The van der Waals surface area contributed by atoms with Crippen molar-refractivity contribution in [1.82, 2.24) is 9.88 Å². The quantitative estimate of drug-likeness (QED) is 0.543. The van der Waals surface area contributed by atoms with E-state index in [1.807, 2.05) is 0 Å². The molecule has 2 N–H and O–H groups in total. The Morgan fingerprint density at radius 3 is 2.68 bits per heavy atom. The van der Waals surface area contributed by atoms with Crippen LogP contribution in [0.3, 0.4) is 0 Å². The van der Waals surface area contributed by atoms with Gasteiger partial charge in [-0.1, -0.05) is 0 Å². The number of rotatable bonds is 6. The zero-order valence-corrected chi connectivity index (χ0v) is 10.3. The van der Waals surface area contributed by atoms with Gasteiger partial charge in [0.25, 0.3) is 11.6 Å². The van der Waals surface area contributed by atoms with E-state index in [1.54, 1.807) is 0 Å². The van der Waals surface area contributed by atoms with Gasteiger partial charge in [0.1, 0.15) is 5.69 Å². The summed E-state index contributed by atoms with van der Waals surface area (Å²) in [4.78, 5) is 32.3. The van der Waals surface area contributed by atoms with Crippen molar-refractivity contribution in [3.8, 4) is 0 Å². The van der Waals surface area contributed by atoms with E-state index < -0.39 is 22.9 Å². The van der Waals surface area contributed by atoms with Crippen molar-refractivity contribution < 1.29 is 24.4 Å². The molecule has 0 saturated carbocycles. The average Bonchev–Trinajstić information content (AvgIpc) is 2.71. The fraction of sp³-hybridized carbons (Fsp3) is 0.400. The van der Waals surface area contributed by atoms with Crippen LogP contribution in [0.25, 0.3) is 0 Å². The molecule has 0 radical (unpaired) electrons. The summed E-state index contributed by atoms with van der Waals surface area (Å²) in [5.74, 6) is -1.82. The summed E-state index contributed by atoms with van der Waals surface area (Å²) < 4.78 is 5.93. The minimum absolute atomic E-state index is 0.0620. The van der Waals surface area contributed by atoms with E-state index in [-0.39, 0.29) is 17.9 Å². The molecule has 0 aliphatic heterocycles. The van der Waals surface area contributed by atoms with E-state index in [4.69, 9.17) is 5.11 Å². The fourth-order valence-corrected chi connectivity index (χ4v) is 1.42. The van der Waals surface area contributed by atoms with Crippen LogP contribution in [-0.2, 0) is 16.6 Å². The number of carbonyl (C=O) groups excluding carboxylic acids is 1. The smallest absolute Gasteiger partial charge is 0.334 e. The second-order valence-corrected chi connectivity index (χ2v) is 3.72. The zero-order valence-electron chi connectivity index (χ0n) is 10.3.